The molecule has 1 N–H and O–H groups in total. The van der Waals surface area contributed by atoms with E-state index < -0.39 is 0 Å². The van der Waals surface area contributed by atoms with Crippen LogP contribution in [0.3, 0.4) is 0 Å². The Morgan fingerprint density at radius 3 is 2.20 bits per heavy atom. The standard InChI is InChI=1S/C16H28N2O2/c1-3-4-11-18(2)16(20)13-7-5-12(6-8-13)15(19)17-14-9-10-14/h12-14H,3-11H2,1-2H3,(H,17,19). The third-order valence-electron chi connectivity index (χ3n) is 4.59. The SMILES string of the molecule is CCCCN(C)C(=O)C1CCC(C(=O)NC2CC2)CC1. The summed E-state index contributed by atoms with van der Waals surface area (Å²) in [5.74, 6) is 0.777. The van der Waals surface area contributed by atoms with Crippen molar-refractivity contribution in [3.8, 4) is 0 Å². The van der Waals surface area contributed by atoms with Crippen molar-refractivity contribution in [3.05, 3.63) is 0 Å². The van der Waals surface area contributed by atoms with Gasteiger partial charge in [0.2, 0.25) is 11.8 Å². The van der Waals surface area contributed by atoms with Crippen LogP contribution in [-0.4, -0.2) is 36.3 Å². The summed E-state index contributed by atoms with van der Waals surface area (Å²) in [5.41, 5.74) is 0. The van der Waals surface area contributed by atoms with Gasteiger partial charge in [-0.1, -0.05) is 13.3 Å². The topological polar surface area (TPSA) is 49.4 Å². The number of carbonyl (C=O) groups is 2. The Bertz CT molecular complexity index is 344. The van der Waals surface area contributed by atoms with Crippen LogP contribution in [0.2, 0.25) is 0 Å². The highest BCUT2D eigenvalue weighted by Crippen LogP contribution is 2.31. The van der Waals surface area contributed by atoms with E-state index in [0.29, 0.717) is 6.04 Å². The second kappa shape index (κ2) is 7.09. The van der Waals surface area contributed by atoms with Gasteiger partial charge in [-0.25, -0.2) is 0 Å². The summed E-state index contributed by atoms with van der Waals surface area (Å²) in [6.45, 7) is 3.00. The Labute approximate surface area is 122 Å². The first-order chi connectivity index (χ1) is 9.61. The van der Waals surface area contributed by atoms with Gasteiger partial charge in [0.1, 0.15) is 0 Å². The van der Waals surface area contributed by atoms with Crippen LogP contribution in [0.15, 0.2) is 0 Å². The van der Waals surface area contributed by atoms with E-state index in [4.69, 9.17) is 0 Å². The summed E-state index contributed by atoms with van der Waals surface area (Å²) in [6, 6.07) is 0.446. The second-order valence-electron chi connectivity index (χ2n) is 6.44. The van der Waals surface area contributed by atoms with Crippen molar-refractivity contribution in [1.29, 1.82) is 0 Å². The maximum absolute atomic E-state index is 12.3. The number of hydrogen-bond acceptors (Lipinski definition) is 2. The number of hydrogen-bond donors (Lipinski definition) is 1. The van der Waals surface area contributed by atoms with Gasteiger partial charge in [-0.3, -0.25) is 9.59 Å². The van der Waals surface area contributed by atoms with Crippen molar-refractivity contribution >= 4 is 11.8 Å². The molecule has 0 aromatic rings. The van der Waals surface area contributed by atoms with Crippen molar-refractivity contribution in [2.24, 2.45) is 11.8 Å². The van der Waals surface area contributed by atoms with Crippen LogP contribution in [0, 0.1) is 11.8 Å². The van der Waals surface area contributed by atoms with Gasteiger partial charge >= 0.3 is 0 Å². The van der Waals surface area contributed by atoms with Crippen molar-refractivity contribution in [2.45, 2.75) is 64.3 Å². The second-order valence-corrected chi connectivity index (χ2v) is 6.44. The predicted molar refractivity (Wildman–Crippen MR) is 79.2 cm³/mol. The molecule has 2 rings (SSSR count). The molecule has 4 heteroatoms. The molecule has 2 amide bonds. The first-order valence-electron chi connectivity index (χ1n) is 8.17. The molecule has 0 spiro atoms. The maximum atomic E-state index is 12.3. The largest absolute Gasteiger partial charge is 0.353 e. The fraction of sp³-hybridized carbons (Fsp3) is 0.875. The maximum Gasteiger partial charge on any atom is 0.225 e. The average Bonchev–Trinajstić information content (AvgIpc) is 3.28. The lowest BCUT2D eigenvalue weighted by molar-refractivity contribution is -0.137. The van der Waals surface area contributed by atoms with E-state index in [1.165, 1.54) is 0 Å². The molecule has 0 aliphatic heterocycles. The summed E-state index contributed by atoms with van der Waals surface area (Å²) in [7, 11) is 1.91. The van der Waals surface area contributed by atoms with Gasteiger partial charge in [-0.2, -0.15) is 0 Å². The normalized spacial score (nSPS) is 26.1. The zero-order chi connectivity index (χ0) is 14.5. The predicted octanol–water partition coefficient (Wildman–Crippen LogP) is 2.33. The molecule has 20 heavy (non-hydrogen) atoms. The highest BCUT2D eigenvalue weighted by atomic mass is 16.2. The fourth-order valence-corrected chi connectivity index (χ4v) is 2.97. The van der Waals surface area contributed by atoms with Crippen LogP contribution in [0.1, 0.15) is 58.3 Å². The van der Waals surface area contributed by atoms with Gasteiger partial charge in [-0.05, 0) is 44.9 Å². The molecule has 0 bridgehead atoms. The van der Waals surface area contributed by atoms with Crippen molar-refractivity contribution < 1.29 is 9.59 Å². The average molecular weight is 280 g/mol. The van der Waals surface area contributed by atoms with Crippen LogP contribution < -0.4 is 5.32 Å². The smallest absolute Gasteiger partial charge is 0.225 e. The number of nitrogens with one attached hydrogen (secondary N) is 1. The van der Waals surface area contributed by atoms with Gasteiger partial charge < -0.3 is 10.2 Å². The highest BCUT2D eigenvalue weighted by Gasteiger charge is 2.33. The van der Waals surface area contributed by atoms with Crippen molar-refractivity contribution in [1.82, 2.24) is 10.2 Å². The van der Waals surface area contributed by atoms with Gasteiger partial charge in [-0.15, -0.1) is 0 Å². The molecule has 0 unspecified atom stereocenters. The van der Waals surface area contributed by atoms with E-state index in [1.807, 2.05) is 11.9 Å². The minimum absolute atomic E-state index is 0.139. The van der Waals surface area contributed by atoms with E-state index in [-0.39, 0.29) is 23.7 Å². The Morgan fingerprint density at radius 2 is 1.65 bits per heavy atom. The van der Waals surface area contributed by atoms with Crippen LogP contribution >= 0.6 is 0 Å². The Kier molecular flexibility index (Phi) is 5.44. The summed E-state index contributed by atoms with van der Waals surface area (Å²) in [4.78, 5) is 26.2. The molecule has 2 fully saturated rings. The van der Waals surface area contributed by atoms with Gasteiger partial charge in [0.25, 0.3) is 0 Å². The number of amides is 2. The zero-order valence-corrected chi connectivity index (χ0v) is 12.9. The van der Waals surface area contributed by atoms with E-state index in [9.17, 15) is 9.59 Å². The minimum atomic E-state index is 0.139. The lowest BCUT2D eigenvalue weighted by atomic mass is 9.81. The lowest BCUT2D eigenvalue weighted by Crippen LogP contribution is -2.39. The fourth-order valence-electron chi connectivity index (χ4n) is 2.97. The number of nitrogens with zero attached hydrogens (tertiary/aromatic N) is 1. The van der Waals surface area contributed by atoms with Crippen molar-refractivity contribution in [2.75, 3.05) is 13.6 Å². The van der Waals surface area contributed by atoms with Crippen LogP contribution in [0.4, 0.5) is 0 Å². The lowest BCUT2D eigenvalue weighted by Gasteiger charge is -2.30. The third-order valence-corrected chi connectivity index (χ3v) is 4.59. The molecule has 0 saturated heterocycles. The Hall–Kier alpha value is -1.06. The molecule has 2 aliphatic rings. The van der Waals surface area contributed by atoms with Gasteiger partial charge in [0.15, 0.2) is 0 Å². The Balaban J connectivity index is 1.72. The molecular weight excluding hydrogens is 252 g/mol. The van der Waals surface area contributed by atoms with Gasteiger partial charge in [0.05, 0.1) is 0 Å². The number of carbonyl (C=O) groups excluding carboxylic acids is 2. The third kappa shape index (κ3) is 4.22. The highest BCUT2D eigenvalue weighted by molar-refractivity contribution is 5.81. The van der Waals surface area contributed by atoms with E-state index in [1.54, 1.807) is 0 Å². The number of rotatable bonds is 6. The molecule has 0 radical (unpaired) electrons. The molecule has 0 aromatic heterocycles. The molecule has 0 atom stereocenters. The number of unbranched alkanes of at least 4 members (excludes halogenated alkanes) is 1. The quantitative estimate of drug-likeness (QED) is 0.812. The van der Waals surface area contributed by atoms with E-state index >= 15 is 0 Å². The molecule has 4 nitrogen and oxygen atoms in total. The molecule has 0 aromatic carbocycles. The van der Waals surface area contributed by atoms with Gasteiger partial charge in [0, 0.05) is 31.5 Å². The van der Waals surface area contributed by atoms with Crippen molar-refractivity contribution in [3.63, 3.8) is 0 Å². The van der Waals surface area contributed by atoms with Crippen LogP contribution in [0.5, 0.6) is 0 Å². The summed E-state index contributed by atoms with van der Waals surface area (Å²) in [5, 5.41) is 3.08. The van der Waals surface area contributed by atoms with E-state index in [0.717, 1.165) is 57.9 Å². The molecule has 2 saturated carbocycles. The summed E-state index contributed by atoms with van der Waals surface area (Å²) < 4.78 is 0. The molecule has 114 valence electrons. The monoisotopic (exact) mass is 280 g/mol. The molecule has 2 aliphatic carbocycles. The van der Waals surface area contributed by atoms with Crippen LogP contribution in [-0.2, 0) is 9.59 Å². The summed E-state index contributed by atoms with van der Waals surface area (Å²) >= 11 is 0. The molecular formula is C16H28N2O2. The minimum Gasteiger partial charge on any atom is -0.353 e. The summed E-state index contributed by atoms with van der Waals surface area (Å²) in [6.07, 6.45) is 7.96. The zero-order valence-electron chi connectivity index (χ0n) is 12.9. The van der Waals surface area contributed by atoms with Crippen LogP contribution in [0.25, 0.3) is 0 Å². The first kappa shape index (κ1) is 15.3. The Morgan fingerprint density at radius 1 is 1.05 bits per heavy atom. The molecule has 0 heterocycles. The first-order valence-corrected chi connectivity index (χ1v) is 8.17. The van der Waals surface area contributed by atoms with E-state index in [2.05, 4.69) is 12.2 Å².